The second-order valence-corrected chi connectivity index (χ2v) is 5.71. The van der Waals surface area contributed by atoms with E-state index < -0.39 is 0 Å². The summed E-state index contributed by atoms with van der Waals surface area (Å²) in [5, 5.41) is 6.59. The number of hydrogen-bond acceptors (Lipinski definition) is 4. The predicted octanol–water partition coefficient (Wildman–Crippen LogP) is 3.74. The molecule has 0 saturated carbocycles. The molecule has 0 aliphatic heterocycles. The first-order valence-electron chi connectivity index (χ1n) is 9.05. The third kappa shape index (κ3) is 6.63. The van der Waals surface area contributed by atoms with Crippen LogP contribution in [0.5, 0.6) is 17.4 Å². The summed E-state index contributed by atoms with van der Waals surface area (Å²) in [6, 6.07) is 11.4. The molecule has 1 aromatic heterocycles. The number of ether oxygens (including phenoxy) is 2. The van der Waals surface area contributed by atoms with Crippen LogP contribution in [0.2, 0.25) is 0 Å². The molecule has 0 bridgehead atoms. The summed E-state index contributed by atoms with van der Waals surface area (Å²) in [4.78, 5) is 8.50. The van der Waals surface area contributed by atoms with Crippen LogP contribution in [0.25, 0.3) is 0 Å². The number of unbranched alkanes of at least 4 members (excludes halogenated alkanes) is 1. The Morgan fingerprint density at radius 2 is 1.85 bits per heavy atom. The van der Waals surface area contributed by atoms with Crippen LogP contribution in [0.1, 0.15) is 32.3 Å². The van der Waals surface area contributed by atoms with Gasteiger partial charge in [-0.3, -0.25) is 4.99 Å². The van der Waals surface area contributed by atoms with Crippen molar-refractivity contribution in [3.8, 4) is 17.4 Å². The van der Waals surface area contributed by atoms with Gasteiger partial charge in [0.2, 0.25) is 5.88 Å². The molecular formula is C20H28N4O2. The Balaban J connectivity index is 1.90. The molecule has 6 nitrogen and oxygen atoms in total. The standard InChI is InChI=1S/C20H28N4O2/c1-4-6-12-23-20(21-3)24-15-16-11-13-22-19(14-16)26-18-9-7-17(8-10-18)25-5-2/h7-11,13-14H,4-6,12,15H2,1-3H3,(H2,21,23,24). The Morgan fingerprint density at radius 1 is 1.08 bits per heavy atom. The van der Waals surface area contributed by atoms with Crippen molar-refractivity contribution in [1.82, 2.24) is 15.6 Å². The van der Waals surface area contributed by atoms with Gasteiger partial charge in [-0.05, 0) is 49.2 Å². The maximum atomic E-state index is 5.82. The zero-order chi connectivity index (χ0) is 18.6. The van der Waals surface area contributed by atoms with Gasteiger partial charge in [0.1, 0.15) is 11.5 Å². The molecule has 0 aliphatic carbocycles. The molecule has 0 atom stereocenters. The quantitative estimate of drug-likeness (QED) is 0.407. The summed E-state index contributed by atoms with van der Waals surface area (Å²) >= 11 is 0. The first-order valence-corrected chi connectivity index (χ1v) is 9.05. The largest absolute Gasteiger partial charge is 0.494 e. The lowest BCUT2D eigenvalue weighted by Crippen LogP contribution is -2.37. The molecule has 0 radical (unpaired) electrons. The lowest BCUT2D eigenvalue weighted by molar-refractivity contribution is 0.339. The Labute approximate surface area is 155 Å². The Bertz CT molecular complexity index is 686. The molecule has 0 saturated heterocycles. The summed E-state index contributed by atoms with van der Waals surface area (Å²) < 4.78 is 11.3. The van der Waals surface area contributed by atoms with E-state index in [-0.39, 0.29) is 0 Å². The zero-order valence-corrected chi connectivity index (χ0v) is 15.8. The van der Waals surface area contributed by atoms with Crippen molar-refractivity contribution in [1.29, 1.82) is 0 Å². The van der Waals surface area contributed by atoms with Crippen LogP contribution in [0.4, 0.5) is 0 Å². The van der Waals surface area contributed by atoms with Crippen LogP contribution in [0.15, 0.2) is 47.6 Å². The number of nitrogens with zero attached hydrogens (tertiary/aromatic N) is 2. The average molecular weight is 356 g/mol. The van der Waals surface area contributed by atoms with Crippen molar-refractivity contribution < 1.29 is 9.47 Å². The minimum atomic E-state index is 0.558. The van der Waals surface area contributed by atoms with E-state index in [1.54, 1.807) is 13.2 Å². The van der Waals surface area contributed by atoms with Gasteiger partial charge in [-0.1, -0.05) is 13.3 Å². The van der Waals surface area contributed by atoms with Gasteiger partial charge in [0.05, 0.1) is 6.61 Å². The number of nitrogens with one attached hydrogen (secondary N) is 2. The summed E-state index contributed by atoms with van der Waals surface area (Å²) in [7, 11) is 1.77. The molecule has 2 N–H and O–H groups in total. The topological polar surface area (TPSA) is 67.8 Å². The van der Waals surface area contributed by atoms with Gasteiger partial charge >= 0.3 is 0 Å². The van der Waals surface area contributed by atoms with E-state index in [0.717, 1.165) is 42.4 Å². The van der Waals surface area contributed by atoms with E-state index in [4.69, 9.17) is 9.47 Å². The highest BCUT2D eigenvalue weighted by Gasteiger charge is 2.03. The highest BCUT2D eigenvalue weighted by molar-refractivity contribution is 5.79. The van der Waals surface area contributed by atoms with Gasteiger partial charge in [0.15, 0.2) is 5.96 Å². The lowest BCUT2D eigenvalue weighted by Gasteiger charge is -2.12. The normalized spacial score (nSPS) is 11.1. The summed E-state index contributed by atoms with van der Waals surface area (Å²) in [5.74, 6) is 2.91. The van der Waals surface area contributed by atoms with E-state index in [0.29, 0.717) is 19.0 Å². The second-order valence-electron chi connectivity index (χ2n) is 5.71. The molecule has 140 valence electrons. The van der Waals surface area contributed by atoms with Gasteiger partial charge in [-0.25, -0.2) is 4.98 Å². The highest BCUT2D eigenvalue weighted by Crippen LogP contribution is 2.23. The van der Waals surface area contributed by atoms with Gasteiger partial charge in [0, 0.05) is 32.4 Å². The minimum Gasteiger partial charge on any atom is -0.494 e. The fourth-order valence-electron chi connectivity index (χ4n) is 2.30. The molecule has 6 heteroatoms. The first-order chi connectivity index (χ1) is 12.7. The van der Waals surface area contributed by atoms with Crippen LogP contribution in [0, 0.1) is 0 Å². The second kappa shape index (κ2) is 11.0. The molecular weight excluding hydrogens is 328 g/mol. The fourth-order valence-corrected chi connectivity index (χ4v) is 2.30. The van der Waals surface area contributed by atoms with E-state index in [9.17, 15) is 0 Å². The number of pyridine rings is 1. The third-order valence-electron chi connectivity index (χ3n) is 3.66. The number of guanidine groups is 1. The number of hydrogen-bond donors (Lipinski definition) is 2. The van der Waals surface area contributed by atoms with Crippen molar-refractivity contribution in [3.05, 3.63) is 48.2 Å². The van der Waals surface area contributed by atoms with Crippen LogP contribution in [0.3, 0.4) is 0 Å². The number of rotatable bonds is 9. The molecule has 26 heavy (non-hydrogen) atoms. The van der Waals surface area contributed by atoms with Crippen LogP contribution in [-0.4, -0.2) is 31.1 Å². The van der Waals surface area contributed by atoms with Gasteiger partial charge in [-0.2, -0.15) is 0 Å². The fraction of sp³-hybridized carbons (Fsp3) is 0.400. The molecule has 0 spiro atoms. The van der Waals surface area contributed by atoms with Gasteiger partial charge in [-0.15, -0.1) is 0 Å². The Morgan fingerprint density at radius 3 is 2.54 bits per heavy atom. The molecule has 0 aliphatic rings. The first kappa shape index (κ1) is 19.6. The van der Waals surface area contributed by atoms with Gasteiger partial charge in [0.25, 0.3) is 0 Å². The highest BCUT2D eigenvalue weighted by atomic mass is 16.5. The van der Waals surface area contributed by atoms with Crippen LogP contribution < -0.4 is 20.1 Å². The van der Waals surface area contributed by atoms with Crippen molar-refractivity contribution in [3.63, 3.8) is 0 Å². The minimum absolute atomic E-state index is 0.558. The Kier molecular flexibility index (Phi) is 8.26. The number of benzene rings is 1. The molecule has 0 amide bonds. The van der Waals surface area contributed by atoms with Crippen molar-refractivity contribution >= 4 is 5.96 Å². The lowest BCUT2D eigenvalue weighted by atomic mass is 10.2. The zero-order valence-electron chi connectivity index (χ0n) is 15.8. The molecule has 2 aromatic rings. The van der Waals surface area contributed by atoms with Crippen molar-refractivity contribution in [2.75, 3.05) is 20.2 Å². The van der Waals surface area contributed by atoms with Gasteiger partial charge < -0.3 is 20.1 Å². The number of aliphatic imine (C=N–C) groups is 1. The van der Waals surface area contributed by atoms with E-state index in [1.165, 1.54) is 0 Å². The van der Waals surface area contributed by atoms with Crippen LogP contribution in [-0.2, 0) is 6.54 Å². The molecule has 2 rings (SSSR count). The maximum absolute atomic E-state index is 5.82. The number of aromatic nitrogens is 1. The summed E-state index contributed by atoms with van der Waals surface area (Å²) in [5.41, 5.74) is 1.07. The molecule has 1 aromatic carbocycles. The van der Waals surface area contributed by atoms with Crippen LogP contribution >= 0.6 is 0 Å². The average Bonchev–Trinajstić information content (AvgIpc) is 2.67. The molecule has 0 unspecified atom stereocenters. The molecule has 0 fully saturated rings. The smallest absolute Gasteiger partial charge is 0.219 e. The van der Waals surface area contributed by atoms with E-state index in [1.807, 2.05) is 43.3 Å². The monoisotopic (exact) mass is 356 g/mol. The SMILES string of the molecule is CCCCNC(=NC)NCc1ccnc(Oc2ccc(OCC)cc2)c1. The van der Waals surface area contributed by atoms with Crippen molar-refractivity contribution in [2.45, 2.75) is 33.2 Å². The van der Waals surface area contributed by atoms with E-state index in [2.05, 4.69) is 27.5 Å². The predicted molar refractivity (Wildman–Crippen MR) is 105 cm³/mol. The maximum Gasteiger partial charge on any atom is 0.219 e. The summed E-state index contributed by atoms with van der Waals surface area (Å²) in [6.45, 7) is 6.34. The Hall–Kier alpha value is -2.76. The summed E-state index contributed by atoms with van der Waals surface area (Å²) in [6.07, 6.45) is 4.02. The third-order valence-corrected chi connectivity index (χ3v) is 3.66. The van der Waals surface area contributed by atoms with Crippen molar-refractivity contribution in [2.24, 2.45) is 4.99 Å². The molecule has 1 heterocycles. The van der Waals surface area contributed by atoms with E-state index >= 15 is 0 Å².